The zero-order chi connectivity index (χ0) is 40.9. The molecule has 1 heterocycles. The first-order valence-electron chi connectivity index (χ1n) is 22.9. The fourth-order valence-electron chi connectivity index (χ4n) is 6.93. The van der Waals surface area contributed by atoms with Crippen molar-refractivity contribution in [2.75, 3.05) is 19.8 Å². The van der Waals surface area contributed by atoms with Gasteiger partial charge < -0.3 is 39.4 Å². The van der Waals surface area contributed by atoms with Crippen LogP contribution < -0.4 is 0 Å². The Kier molecular flexibility index (Phi) is 34.9. The minimum absolute atomic E-state index is 0.169. The van der Waals surface area contributed by atoms with Crippen LogP contribution in [0.5, 0.6) is 0 Å². The molecule has 56 heavy (non-hydrogen) atoms. The van der Waals surface area contributed by atoms with Crippen LogP contribution in [0.1, 0.15) is 200 Å². The summed E-state index contributed by atoms with van der Waals surface area (Å²) < 4.78 is 22.1. The number of hydrogen-bond acceptors (Lipinski definition) is 10. The molecule has 10 nitrogen and oxygen atoms in total. The lowest BCUT2D eigenvalue weighted by molar-refractivity contribution is -0.305. The van der Waals surface area contributed by atoms with Gasteiger partial charge in [0, 0.05) is 12.8 Å². The summed E-state index contributed by atoms with van der Waals surface area (Å²) in [5.74, 6) is -0.852. The van der Waals surface area contributed by atoms with Gasteiger partial charge in [0.05, 0.1) is 13.2 Å². The molecule has 0 aromatic heterocycles. The Morgan fingerprint density at radius 3 is 1.54 bits per heavy atom. The number of carbonyl (C=O) groups is 2. The molecule has 0 spiro atoms. The first kappa shape index (κ1) is 52.2. The molecule has 1 saturated heterocycles. The SMILES string of the molecule is CCCCCCCCCCC/C=C/C/C=C/CCCC(=O)O[C@H](COC(=O)CCCCCCCCCCCCCCCC)CO[C@@H]1O[C@H](CO)[C@H](O)C(O)C1O. The molecule has 6 atom stereocenters. The smallest absolute Gasteiger partial charge is 0.306 e. The van der Waals surface area contributed by atoms with Gasteiger partial charge in [-0.1, -0.05) is 173 Å². The van der Waals surface area contributed by atoms with E-state index in [9.17, 15) is 30.0 Å². The first-order valence-corrected chi connectivity index (χ1v) is 22.9. The largest absolute Gasteiger partial charge is 0.462 e. The number of allylic oxidation sites excluding steroid dienone is 4. The fourth-order valence-corrected chi connectivity index (χ4v) is 6.93. The van der Waals surface area contributed by atoms with Crippen molar-refractivity contribution >= 4 is 11.9 Å². The Morgan fingerprint density at radius 1 is 0.554 bits per heavy atom. The lowest BCUT2D eigenvalue weighted by atomic mass is 9.99. The molecule has 0 saturated carbocycles. The summed E-state index contributed by atoms with van der Waals surface area (Å²) in [5.41, 5.74) is 0. The van der Waals surface area contributed by atoms with Crippen LogP contribution in [0.25, 0.3) is 0 Å². The second-order valence-corrected chi connectivity index (χ2v) is 15.9. The van der Waals surface area contributed by atoms with E-state index in [1.807, 2.05) is 0 Å². The maximum Gasteiger partial charge on any atom is 0.306 e. The summed E-state index contributed by atoms with van der Waals surface area (Å²) in [7, 11) is 0. The van der Waals surface area contributed by atoms with Gasteiger partial charge in [0.1, 0.15) is 31.0 Å². The van der Waals surface area contributed by atoms with E-state index in [1.54, 1.807) is 0 Å². The third-order valence-electron chi connectivity index (χ3n) is 10.6. The highest BCUT2D eigenvalue weighted by atomic mass is 16.7. The van der Waals surface area contributed by atoms with Gasteiger partial charge >= 0.3 is 11.9 Å². The zero-order valence-electron chi connectivity index (χ0n) is 35.6. The fraction of sp³-hybridized carbons (Fsp3) is 0.870. The molecule has 0 aromatic carbocycles. The molecule has 0 aliphatic carbocycles. The number of unbranched alkanes of at least 4 members (excludes halogenated alkanes) is 23. The number of carbonyl (C=O) groups excluding carboxylic acids is 2. The second kappa shape index (κ2) is 37.5. The Hall–Kier alpha value is -1.82. The molecule has 0 radical (unpaired) electrons. The molecular weight excluding hydrogens is 712 g/mol. The van der Waals surface area contributed by atoms with Crippen molar-refractivity contribution in [1.29, 1.82) is 0 Å². The lowest BCUT2D eigenvalue weighted by Gasteiger charge is -2.39. The molecule has 0 aromatic rings. The molecule has 328 valence electrons. The first-order chi connectivity index (χ1) is 27.3. The Bertz CT molecular complexity index is 970. The van der Waals surface area contributed by atoms with Crippen LogP contribution in [0.2, 0.25) is 0 Å². The number of esters is 2. The maximum absolute atomic E-state index is 12.7. The summed E-state index contributed by atoms with van der Waals surface area (Å²) in [6.45, 7) is 3.39. The molecule has 1 aliphatic heterocycles. The Balaban J connectivity index is 2.35. The highest BCUT2D eigenvalue weighted by Crippen LogP contribution is 2.23. The van der Waals surface area contributed by atoms with Crippen LogP contribution in [-0.4, -0.2) is 89.0 Å². The van der Waals surface area contributed by atoms with E-state index in [-0.39, 0.29) is 32.0 Å². The van der Waals surface area contributed by atoms with Crippen molar-refractivity contribution in [2.45, 2.75) is 237 Å². The van der Waals surface area contributed by atoms with Crippen LogP contribution in [0.15, 0.2) is 24.3 Å². The maximum atomic E-state index is 12.7. The normalized spacial score (nSPS) is 20.6. The number of hydrogen-bond donors (Lipinski definition) is 4. The van der Waals surface area contributed by atoms with Crippen LogP contribution in [0.3, 0.4) is 0 Å². The van der Waals surface area contributed by atoms with Crippen LogP contribution in [0.4, 0.5) is 0 Å². The van der Waals surface area contributed by atoms with Gasteiger partial charge in [0.25, 0.3) is 0 Å². The van der Waals surface area contributed by atoms with E-state index in [0.29, 0.717) is 6.42 Å². The van der Waals surface area contributed by atoms with Crippen molar-refractivity contribution < 1.29 is 49.0 Å². The molecule has 4 N–H and O–H groups in total. The van der Waals surface area contributed by atoms with Gasteiger partial charge in [-0.25, -0.2) is 0 Å². The van der Waals surface area contributed by atoms with Crippen LogP contribution in [-0.2, 0) is 28.5 Å². The van der Waals surface area contributed by atoms with Crippen molar-refractivity contribution in [3.63, 3.8) is 0 Å². The van der Waals surface area contributed by atoms with E-state index < -0.39 is 49.4 Å². The van der Waals surface area contributed by atoms with Crippen molar-refractivity contribution in [3.8, 4) is 0 Å². The van der Waals surface area contributed by atoms with E-state index in [4.69, 9.17) is 18.9 Å². The molecule has 1 fully saturated rings. The highest BCUT2D eigenvalue weighted by molar-refractivity contribution is 5.70. The van der Waals surface area contributed by atoms with Gasteiger partial charge in [-0.3, -0.25) is 9.59 Å². The zero-order valence-corrected chi connectivity index (χ0v) is 35.6. The minimum atomic E-state index is -1.60. The average Bonchev–Trinajstić information content (AvgIpc) is 3.19. The molecule has 1 rings (SSSR count). The quantitative estimate of drug-likeness (QED) is 0.0270. The Labute approximate surface area is 341 Å². The van der Waals surface area contributed by atoms with Crippen molar-refractivity contribution in [1.82, 2.24) is 0 Å². The topological polar surface area (TPSA) is 152 Å². The molecular formula is C46H84O10. The predicted molar refractivity (Wildman–Crippen MR) is 224 cm³/mol. The molecule has 10 heteroatoms. The van der Waals surface area contributed by atoms with Crippen LogP contribution in [0, 0.1) is 0 Å². The van der Waals surface area contributed by atoms with Gasteiger partial charge in [-0.2, -0.15) is 0 Å². The second-order valence-electron chi connectivity index (χ2n) is 15.9. The lowest BCUT2D eigenvalue weighted by Crippen LogP contribution is -2.59. The Morgan fingerprint density at radius 2 is 1.02 bits per heavy atom. The van der Waals surface area contributed by atoms with E-state index >= 15 is 0 Å². The van der Waals surface area contributed by atoms with Crippen molar-refractivity contribution in [2.24, 2.45) is 0 Å². The van der Waals surface area contributed by atoms with E-state index in [1.165, 1.54) is 128 Å². The standard InChI is InChI=1S/C46H84O10/c1-3-5-7-9-11-13-15-17-19-20-21-23-25-27-29-31-33-35-42(49)55-39(38-54-46-45(52)44(51)43(50)40(36-47)56-46)37-53-41(48)34-32-30-28-26-24-22-18-16-14-12-10-8-6-4-2/h21,23,27,29,39-40,43-47,50-52H,3-20,22,24-26,28,30-38H2,1-2H3/b23-21+,29-27+/t39-,40-,43+,44?,45?,46-/m1/s1. The van der Waals surface area contributed by atoms with E-state index in [2.05, 4.69) is 38.2 Å². The summed E-state index contributed by atoms with van der Waals surface area (Å²) in [4.78, 5) is 25.3. The predicted octanol–water partition coefficient (Wildman–Crippen LogP) is 9.72. The third-order valence-corrected chi connectivity index (χ3v) is 10.6. The van der Waals surface area contributed by atoms with Gasteiger partial charge in [0.2, 0.25) is 0 Å². The van der Waals surface area contributed by atoms with Gasteiger partial charge in [0.15, 0.2) is 12.4 Å². The van der Waals surface area contributed by atoms with Crippen LogP contribution >= 0.6 is 0 Å². The van der Waals surface area contributed by atoms with Gasteiger partial charge in [-0.15, -0.1) is 0 Å². The number of rotatable bonds is 38. The monoisotopic (exact) mass is 797 g/mol. The molecule has 0 bridgehead atoms. The summed E-state index contributed by atoms with van der Waals surface area (Å²) >= 11 is 0. The summed E-state index contributed by atoms with van der Waals surface area (Å²) in [6, 6.07) is 0. The summed E-state index contributed by atoms with van der Waals surface area (Å²) in [5, 5.41) is 40.0. The number of ether oxygens (including phenoxy) is 4. The highest BCUT2D eigenvalue weighted by Gasteiger charge is 2.44. The molecule has 2 unspecified atom stereocenters. The van der Waals surface area contributed by atoms with Crippen molar-refractivity contribution in [3.05, 3.63) is 24.3 Å². The molecule has 0 amide bonds. The summed E-state index contributed by atoms with van der Waals surface area (Å²) in [6.07, 6.45) is 33.3. The average molecular weight is 797 g/mol. The number of aliphatic hydroxyl groups is 4. The number of aliphatic hydroxyl groups excluding tert-OH is 4. The molecule has 1 aliphatic rings. The van der Waals surface area contributed by atoms with E-state index in [0.717, 1.165) is 38.5 Å². The third kappa shape index (κ3) is 28.6. The minimum Gasteiger partial charge on any atom is -0.462 e. The van der Waals surface area contributed by atoms with Gasteiger partial charge in [-0.05, 0) is 38.5 Å².